The maximum absolute atomic E-state index is 13.2. The first-order valence-corrected chi connectivity index (χ1v) is 9.79. The maximum atomic E-state index is 13.2. The molecule has 4 nitrogen and oxygen atoms in total. The first-order chi connectivity index (χ1) is 15.2. The van der Waals surface area contributed by atoms with Crippen LogP contribution in [0.1, 0.15) is 46.2 Å². The number of carbonyl (C=O) groups excluding carboxylic acids is 1. The summed E-state index contributed by atoms with van der Waals surface area (Å²) in [6.45, 7) is -0.714. The van der Waals surface area contributed by atoms with Crippen LogP contribution in [0.15, 0.2) is 42.5 Å². The largest absolute Gasteiger partial charge is 0.493 e. The van der Waals surface area contributed by atoms with E-state index in [-0.39, 0.29) is 24.1 Å². The van der Waals surface area contributed by atoms with E-state index in [9.17, 15) is 4.79 Å². The van der Waals surface area contributed by atoms with Crippen LogP contribution in [0.3, 0.4) is 0 Å². The lowest BCUT2D eigenvalue weighted by Crippen LogP contribution is -2.34. The van der Waals surface area contributed by atoms with Crippen LogP contribution in [0.25, 0.3) is 0 Å². The van der Waals surface area contributed by atoms with Crippen LogP contribution < -0.4 is 9.47 Å². The van der Waals surface area contributed by atoms with Gasteiger partial charge in [-0.25, -0.2) is 0 Å². The summed E-state index contributed by atoms with van der Waals surface area (Å²) in [6, 6.07) is 12.5. The lowest BCUT2D eigenvalue weighted by molar-refractivity contribution is 0.0895. The minimum atomic E-state index is -1.68. The molecule has 0 amide bonds. The van der Waals surface area contributed by atoms with Crippen molar-refractivity contribution >= 4 is 18.2 Å². The van der Waals surface area contributed by atoms with E-state index in [2.05, 4.69) is 0 Å². The second-order valence-corrected chi connectivity index (χ2v) is 7.39. The van der Waals surface area contributed by atoms with Gasteiger partial charge in [-0.2, -0.15) is 0 Å². The van der Waals surface area contributed by atoms with Gasteiger partial charge < -0.3 is 9.47 Å². The van der Waals surface area contributed by atoms with Crippen molar-refractivity contribution in [2.24, 2.45) is 11.8 Å². The molecule has 29 heavy (non-hydrogen) atoms. The van der Waals surface area contributed by atoms with Crippen molar-refractivity contribution in [2.75, 3.05) is 27.3 Å². The van der Waals surface area contributed by atoms with Crippen molar-refractivity contribution in [3.63, 3.8) is 0 Å². The van der Waals surface area contributed by atoms with E-state index < -0.39 is 18.8 Å². The maximum Gasteiger partial charge on any atom is 0.166 e. The van der Waals surface area contributed by atoms with Crippen LogP contribution in [0.2, 0.25) is 0 Å². The van der Waals surface area contributed by atoms with Crippen LogP contribution >= 0.6 is 12.4 Å². The average molecular weight is 420 g/mol. The van der Waals surface area contributed by atoms with E-state index in [1.807, 2.05) is 18.2 Å². The molecule has 1 saturated heterocycles. The number of ether oxygens (including phenoxy) is 2. The number of likely N-dealkylation sites (tertiary alicyclic amines) is 1. The second-order valence-electron chi connectivity index (χ2n) is 7.39. The molecule has 1 aliphatic carbocycles. The summed E-state index contributed by atoms with van der Waals surface area (Å²) in [4.78, 5) is 14.9. The number of hydrogen-bond donors (Lipinski definition) is 0. The zero-order chi connectivity index (χ0) is 23.1. The summed E-state index contributed by atoms with van der Waals surface area (Å²) in [5.74, 6) is -0.240. The summed E-state index contributed by atoms with van der Waals surface area (Å²) in [5.41, 5.74) is 1.90. The number of rotatable bonds is 6. The highest BCUT2D eigenvalue weighted by Gasteiger charge is 2.34. The standard InChI is InChI=1S/C24H29NO3.ClH/c1-27-22-14-19-13-20(24(26)21(19)15-23(22)28-2)12-17-8-10-25(11-9-17)16-18-6-4-3-5-7-18;/h3-7,14-15,17,20H,8-13,16H2,1-2H3;1H/i12D2,16D2;. The third-order valence-electron chi connectivity index (χ3n) is 5.61. The summed E-state index contributed by atoms with van der Waals surface area (Å²) in [7, 11) is 3.06. The van der Waals surface area contributed by atoms with Crippen molar-refractivity contribution in [1.82, 2.24) is 4.90 Å². The van der Waals surface area contributed by atoms with Gasteiger partial charge in [-0.05, 0) is 67.9 Å². The van der Waals surface area contributed by atoms with Gasteiger partial charge in [0.25, 0.3) is 0 Å². The molecular formula is C24H30ClNO3. The Morgan fingerprint density at radius 3 is 2.38 bits per heavy atom. The van der Waals surface area contributed by atoms with Crippen molar-refractivity contribution < 1.29 is 19.8 Å². The predicted molar refractivity (Wildman–Crippen MR) is 117 cm³/mol. The van der Waals surface area contributed by atoms with Crippen LogP contribution in [-0.4, -0.2) is 38.0 Å². The molecule has 1 heterocycles. The van der Waals surface area contributed by atoms with E-state index >= 15 is 0 Å². The fraction of sp³-hybridized carbons (Fsp3) is 0.458. The normalized spacial score (nSPS) is 22.6. The monoisotopic (exact) mass is 419 g/mol. The van der Waals surface area contributed by atoms with Gasteiger partial charge in [0.2, 0.25) is 0 Å². The van der Waals surface area contributed by atoms with Gasteiger partial charge in [0.1, 0.15) is 0 Å². The van der Waals surface area contributed by atoms with Crippen molar-refractivity contribution in [3.8, 4) is 11.5 Å². The van der Waals surface area contributed by atoms with Crippen molar-refractivity contribution in [2.45, 2.75) is 32.1 Å². The molecule has 0 bridgehead atoms. The highest BCUT2D eigenvalue weighted by atomic mass is 35.5. The quantitative estimate of drug-likeness (QED) is 0.675. The zero-order valence-corrected chi connectivity index (χ0v) is 17.6. The van der Waals surface area contributed by atoms with E-state index in [1.165, 1.54) is 7.11 Å². The number of benzene rings is 2. The lowest BCUT2D eigenvalue weighted by Gasteiger charge is -2.32. The fourth-order valence-corrected chi connectivity index (χ4v) is 4.09. The molecule has 0 radical (unpaired) electrons. The molecule has 4 rings (SSSR count). The summed E-state index contributed by atoms with van der Waals surface area (Å²) in [6.07, 6.45) is -0.326. The number of hydrogen-bond acceptors (Lipinski definition) is 4. The molecule has 5 heteroatoms. The summed E-state index contributed by atoms with van der Waals surface area (Å²) >= 11 is 0. The van der Waals surface area contributed by atoms with Crippen LogP contribution in [0.4, 0.5) is 0 Å². The molecule has 0 N–H and O–H groups in total. The van der Waals surface area contributed by atoms with Gasteiger partial charge in [-0.1, -0.05) is 30.3 Å². The molecule has 2 aromatic carbocycles. The summed E-state index contributed by atoms with van der Waals surface area (Å²) < 4.78 is 45.6. The van der Waals surface area contributed by atoms with Gasteiger partial charge >= 0.3 is 0 Å². The molecule has 0 aromatic heterocycles. The first-order valence-electron chi connectivity index (χ1n) is 11.8. The smallest absolute Gasteiger partial charge is 0.166 e. The third kappa shape index (κ3) is 4.76. The van der Waals surface area contributed by atoms with Crippen molar-refractivity contribution in [3.05, 3.63) is 59.2 Å². The van der Waals surface area contributed by atoms with E-state index in [0.29, 0.717) is 55.0 Å². The van der Waals surface area contributed by atoms with E-state index in [1.54, 1.807) is 36.3 Å². The fourth-order valence-electron chi connectivity index (χ4n) is 4.09. The lowest BCUT2D eigenvalue weighted by atomic mass is 9.85. The Kier molecular flexibility index (Phi) is 5.56. The summed E-state index contributed by atoms with van der Waals surface area (Å²) in [5, 5.41) is 0. The zero-order valence-electron chi connectivity index (χ0n) is 20.8. The third-order valence-corrected chi connectivity index (χ3v) is 5.61. The molecule has 156 valence electrons. The van der Waals surface area contributed by atoms with E-state index in [4.69, 9.17) is 15.0 Å². The number of methoxy groups -OCH3 is 2. The molecule has 1 unspecified atom stereocenters. The van der Waals surface area contributed by atoms with Gasteiger partial charge in [0, 0.05) is 23.5 Å². The van der Waals surface area contributed by atoms with Crippen LogP contribution in [-0.2, 0) is 12.9 Å². The van der Waals surface area contributed by atoms with Crippen LogP contribution in [0.5, 0.6) is 11.5 Å². The van der Waals surface area contributed by atoms with Crippen LogP contribution in [0, 0.1) is 11.8 Å². The molecule has 1 fully saturated rings. The Bertz CT molecular complexity index is 995. The molecule has 2 aliphatic rings. The Labute approximate surface area is 185 Å². The van der Waals surface area contributed by atoms with Gasteiger partial charge in [-0.3, -0.25) is 9.69 Å². The Balaban J connectivity index is 0.00000306. The SMILES string of the molecule is Cl.[2H]C([2H])(C1CCN(C([2H])([2H])c2ccccc2)CC1)C1Cc2cc(OC)c(OC)cc2C1=O. The number of halogens is 1. The Morgan fingerprint density at radius 1 is 1.07 bits per heavy atom. The number of ketones is 1. The predicted octanol–water partition coefficient (Wildman–Crippen LogP) is 4.78. The minimum Gasteiger partial charge on any atom is -0.493 e. The van der Waals surface area contributed by atoms with Crippen molar-refractivity contribution in [1.29, 1.82) is 0 Å². The van der Waals surface area contributed by atoms with Gasteiger partial charge in [0.15, 0.2) is 17.3 Å². The molecule has 2 aromatic rings. The molecule has 1 aliphatic heterocycles. The number of carbonyl (C=O) groups is 1. The highest BCUT2D eigenvalue weighted by molar-refractivity contribution is 6.02. The molecule has 0 saturated carbocycles. The van der Waals surface area contributed by atoms with E-state index in [0.717, 1.165) is 5.56 Å². The minimum absolute atomic E-state index is 0. The highest BCUT2D eigenvalue weighted by Crippen LogP contribution is 2.39. The second kappa shape index (κ2) is 9.64. The van der Waals surface area contributed by atoms with Gasteiger partial charge in [0.05, 0.1) is 14.2 Å². The molecule has 0 spiro atoms. The number of Topliss-reactive ketones (excluding diaryl/α,β-unsaturated/α-hetero) is 1. The number of fused-ring (bicyclic) bond motifs is 1. The topological polar surface area (TPSA) is 38.8 Å². The molecular weight excluding hydrogens is 386 g/mol. The number of piperidine rings is 1. The number of nitrogens with zero attached hydrogens (tertiary/aromatic N) is 1. The molecule has 1 atom stereocenters. The Morgan fingerprint density at radius 2 is 1.72 bits per heavy atom. The average Bonchev–Trinajstić information content (AvgIpc) is 3.14. The Hall–Kier alpha value is -2.04. The van der Waals surface area contributed by atoms with Gasteiger partial charge in [-0.15, -0.1) is 12.4 Å². The first kappa shape index (κ1) is 16.7.